The second-order valence-electron chi connectivity index (χ2n) is 2.88. The molecule has 1 aromatic rings. The summed E-state index contributed by atoms with van der Waals surface area (Å²) in [5.74, 6) is 0.889. The van der Waals surface area contributed by atoms with Crippen LogP contribution >= 0.6 is 11.8 Å². The molecule has 0 saturated heterocycles. The summed E-state index contributed by atoms with van der Waals surface area (Å²) >= 11 is 1.55. The zero-order valence-electron chi connectivity index (χ0n) is 8.56. The molecule has 1 heterocycles. The summed E-state index contributed by atoms with van der Waals surface area (Å²) in [6.45, 7) is 0.727. The monoisotopic (exact) mass is 223 g/mol. The van der Waals surface area contributed by atoms with E-state index < -0.39 is 0 Å². The predicted molar refractivity (Wildman–Crippen MR) is 60.6 cm³/mol. The molecule has 0 atom stereocenters. The fourth-order valence-electron chi connectivity index (χ4n) is 1.04. The van der Waals surface area contributed by atoms with Crippen LogP contribution < -0.4 is 5.73 Å². The smallest absolute Gasteiger partial charge is 0.120 e. The maximum absolute atomic E-state index is 8.77. The molecule has 0 saturated carbocycles. The second kappa shape index (κ2) is 6.27. The Bertz CT molecular complexity index is 362. The van der Waals surface area contributed by atoms with Gasteiger partial charge in [-0.1, -0.05) is 0 Å². The van der Waals surface area contributed by atoms with E-state index in [0.717, 1.165) is 23.8 Å². The van der Waals surface area contributed by atoms with Gasteiger partial charge in [0.25, 0.3) is 0 Å². The molecular formula is C10H13N3OS. The molecule has 0 aliphatic heterocycles. The molecule has 0 unspecified atom stereocenters. The van der Waals surface area contributed by atoms with Gasteiger partial charge < -0.3 is 10.5 Å². The Morgan fingerprint density at radius 3 is 3.13 bits per heavy atom. The summed E-state index contributed by atoms with van der Waals surface area (Å²) in [5.41, 5.74) is 6.73. The van der Waals surface area contributed by atoms with Crippen molar-refractivity contribution in [3.8, 4) is 6.07 Å². The molecule has 5 heteroatoms. The lowest BCUT2D eigenvalue weighted by atomic mass is 10.2. The maximum Gasteiger partial charge on any atom is 0.120 e. The normalized spacial score (nSPS) is 9.87. The van der Waals surface area contributed by atoms with Crippen molar-refractivity contribution >= 4 is 17.4 Å². The number of nitrogen functional groups attached to an aromatic ring is 1. The summed E-state index contributed by atoms with van der Waals surface area (Å²) in [4.78, 5) is 4.13. The highest BCUT2D eigenvalue weighted by Crippen LogP contribution is 2.25. The van der Waals surface area contributed by atoms with E-state index in [9.17, 15) is 0 Å². The number of anilines is 1. The topological polar surface area (TPSA) is 71.9 Å². The van der Waals surface area contributed by atoms with Crippen molar-refractivity contribution in [1.29, 1.82) is 5.26 Å². The number of rotatable bonds is 5. The van der Waals surface area contributed by atoms with Gasteiger partial charge in [-0.05, 0) is 12.5 Å². The summed E-state index contributed by atoms with van der Waals surface area (Å²) in [6, 6.07) is 3.65. The van der Waals surface area contributed by atoms with Gasteiger partial charge in [-0.15, -0.1) is 11.8 Å². The quantitative estimate of drug-likeness (QED) is 0.607. The lowest BCUT2D eigenvalue weighted by Crippen LogP contribution is -1.97. The molecule has 0 radical (unpaired) electrons. The first-order valence-electron chi connectivity index (χ1n) is 4.56. The van der Waals surface area contributed by atoms with Crippen molar-refractivity contribution in [2.75, 3.05) is 25.2 Å². The van der Waals surface area contributed by atoms with Crippen LogP contribution in [0.15, 0.2) is 17.3 Å². The van der Waals surface area contributed by atoms with E-state index in [2.05, 4.69) is 4.98 Å². The van der Waals surface area contributed by atoms with Crippen molar-refractivity contribution in [3.63, 3.8) is 0 Å². The molecule has 4 nitrogen and oxygen atoms in total. The molecular weight excluding hydrogens is 210 g/mol. The van der Waals surface area contributed by atoms with Gasteiger partial charge in [0.2, 0.25) is 0 Å². The van der Waals surface area contributed by atoms with Crippen LogP contribution in [-0.2, 0) is 4.74 Å². The van der Waals surface area contributed by atoms with Gasteiger partial charge in [-0.25, -0.2) is 4.98 Å². The number of hydrogen-bond acceptors (Lipinski definition) is 5. The SMILES string of the molecule is COCCCSc1nccc(C#N)c1N. The van der Waals surface area contributed by atoms with Gasteiger partial charge >= 0.3 is 0 Å². The van der Waals surface area contributed by atoms with E-state index in [1.54, 1.807) is 31.1 Å². The second-order valence-corrected chi connectivity index (χ2v) is 3.97. The Hall–Kier alpha value is -1.25. The number of nitrogens with two attached hydrogens (primary N) is 1. The van der Waals surface area contributed by atoms with Crippen molar-refractivity contribution in [2.45, 2.75) is 11.4 Å². The zero-order chi connectivity index (χ0) is 11.1. The first-order chi connectivity index (χ1) is 7.29. The molecule has 1 rings (SSSR count). The van der Waals surface area contributed by atoms with Gasteiger partial charge in [-0.2, -0.15) is 5.26 Å². The van der Waals surface area contributed by atoms with Gasteiger partial charge in [0.05, 0.1) is 11.3 Å². The average Bonchev–Trinajstić information content (AvgIpc) is 2.26. The molecule has 0 aromatic carbocycles. The molecule has 0 fully saturated rings. The number of thioether (sulfide) groups is 1. The van der Waals surface area contributed by atoms with Gasteiger partial charge in [-0.3, -0.25) is 0 Å². The number of nitriles is 1. The molecule has 15 heavy (non-hydrogen) atoms. The third kappa shape index (κ3) is 3.42. The Balaban J connectivity index is 2.58. The highest BCUT2D eigenvalue weighted by molar-refractivity contribution is 7.99. The van der Waals surface area contributed by atoms with Crippen LogP contribution in [0.1, 0.15) is 12.0 Å². The molecule has 0 spiro atoms. The highest BCUT2D eigenvalue weighted by Gasteiger charge is 2.05. The van der Waals surface area contributed by atoms with Gasteiger partial charge in [0.1, 0.15) is 11.1 Å². The van der Waals surface area contributed by atoms with Crippen molar-refractivity contribution in [1.82, 2.24) is 4.98 Å². The summed E-state index contributed by atoms with van der Waals surface area (Å²) in [7, 11) is 1.67. The molecule has 2 N–H and O–H groups in total. The van der Waals surface area contributed by atoms with Crippen LogP contribution in [0.5, 0.6) is 0 Å². The van der Waals surface area contributed by atoms with Crippen molar-refractivity contribution in [2.24, 2.45) is 0 Å². The first kappa shape index (κ1) is 11.8. The predicted octanol–water partition coefficient (Wildman–Crippen LogP) is 1.66. The van der Waals surface area contributed by atoms with Crippen LogP contribution in [0.25, 0.3) is 0 Å². The summed E-state index contributed by atoms with van der Waals surface area (Å²) in [6.07, 6.45) is 2.55. The summed E-state index contributed by atoms with van der Waals surface area (Å²) in [5, 5.41) is 9.49. The Kier molecular flexibility index (Phi) is 4.95. The number of ether oxygens (including phenoxy) is 1. The fourth-order valence-corrected chi connectivity index (χ4v) is 1.90. The maximum atomic E-state index is 8.77. The molecule has 0 aliphatic rings. The van der Waals surface area contributed by atoms with E-state index in [1.807, 2.05) is 6.07 Å². The Morgan fingerprint density at radius 1 is 1.67 bits per heavy atom. The summed E-state index contributed by atoms with van der Waals surface area (Å²) < 4.78 is 4.94. The fraction of sp³-hybridized carbons (Fsp3) is 0.400. The van der Waals surface area contributed by atoms with Crippen LogP contribution in [0.3, 0.4) is 0 Å². The van der Waals surface area contributed by atoms with E-state index in [1.165, 1.54) is 0 Å². The third-order valence-corrected chi connectivity index (χ3v) is 2.90. The average molecular weight is 223 g/mol. The van der Waals surface area contributed by atoms with E-state index in [4.69, 9.17) is 15.7 Å². The van der Waals surface area contributed by atoms with Crippen LogP contribution in [0.4, 0.5) is 5.69 Å². The van der Waals surface area contributed by atoms with Crippen LogP contribution in [-0.4, -0.2) is 24.5 Å². The number of nitrogens with zero attached hydrogens (tertiary/aromatic N) is 2. The number of methoxy groups -OCH3 is 1. The third-order valence-electron chi connectivity index (χ3n) is 1.81. The minimum absolute atomic E-state index is 0.474. The molecule has 1 aromatic heterocycles. The van der Waals surface area contributed by atoms with Crippen molar-refractivity contribution in [3.05, 3.63) is 17.8 Å². The molecule has 0 bridgehead atoms. The largest absolute Gasteiger partial charge is 0.395 e. The molecule has 80 valence electrons. The lowest BCUT2D eigenvalue weighted by Gasteiger charge is -2.04. The zero-order valence-corrected chi connectivity index (χ0v) is 9.38. The lowest BCUT2D eigenvalue weighted by molar-refractivity contribution is 0.200. The standard InChI is InChI=1S/C10H13N3OS/c1-14-5-2-6-15-10-9(12)8(7-11)3-4-13-10/h3-4H,2,5-6,12H2,1H3. The Morgan fingerprint density at radius 2 is 2.47 bits per heavy atom. The van der Waals surface area contributed by atoms with Gasteiger partial charge in [0.15, 0.2) is 0 Å². The van der Waals surface area contributed by atoms with E-state index in [-0.39, 0.29) is 0 Å². The van der Waals surface area contributed by atoms with Crippen LogP contribution in [0.2, 0.25) is 0 Å². The number of hydrogen-bond donors (Lipinski definition) is 1. The molecule has 0 amide bonds. The first-order valence-corrected chi connectivity index (χ1v) is 5.54. The molecule has 0 aliphatic carbocycles. The van der Waals surface area contributed by atoms with Crippen LogP contribution in [0, 0.1) is 11.3 Å². The van der Waals surface area contributed by atoms with Crippen molar-refractivity contribution < 1.29 is 4.74 Å². The Labute approximate surface area is 93.4 Å². The minimum Gasteiger partial charge on any atom is -0.395 e. The minimum atomic E-state index is 0.474. The number of pyridine rings is 1. The number of aromatic nitrogens is 1. The highest BCUT2D eigenvalue weighted by atomic mass is 32.2. The van der Waals surface area contributed by atoms with E-state index >= 15 is 0 Å². The van der Waals surface area contributed by atoms with E-state index in [0.29, 0.717) is 11.3 Å². The van der Waals surface area contributed by atoms with Gasteiger partial charge in [0, 0.05) is 25.7 Å².